The van der Waals surface area contributed by atoms with E-state index in [2.05, 4.69) is 9.82 Å². The Kier molecular flexibility index (Phi) is 4.19. The Morgan fingerprint density at radius 1 is 1.28 bits per heavy atom. The lowest BCUT2D eigenvalue weighted by Crippen LogP contribution is -2.19. The first-order valence-corrected chi connectivity index (χ1v) is 8.55. The van der Waals surface area contributed by atoms with Gasteiger partial charge in [-0.15, -0.1) is 0 Å². The summed E-state index contributed by atoms with van der Waals surface area (Å²) in [5.74, 6) is -0.207. The molecule has 2 aromatic rings. The first-order chi connectivity index (χ1) is 11.6. The quantitative estimate of drug-likeness (QED) is 0.885. The highest BCUT2D eigenvalue weighted by molar-refractivity contribution is 7.92. The normalized spacial score (nSPS) is 14.8. The Labute approximate surface area is 140 Å². The summed E-state index contributed by atoms with van der Waals surface area (Å²) in [6, 6.07) is 4.89. The number of benzene rings is 1. The molecule has 1 aromatic carbocycles. The topological polar surface area (TPSA) is 90.3 Å². The van der Waals surface area contributed by atoms with E-state index in [-0.39, 0.29) is 35.1 Å². The molecule has 0 saturated heterocycles. The van der Waals surface area contributed by atoms with Gasteiger partial charge in [-0.1, -0.05) is 0 Å². The van der Waals surface area contributed by atoms with Crippen molar-refractivity contribution >= 4 is 21.6 Å². The zero-order valence-corrected chi connectivity index (χ0v) is 13.4. The van der Waals surface area contributed by atoms with Gasteiger partial charge in [0, 0.05) is 18.7 Å². The van der Waals surface area contributed by atoms with Crippen LogP contribution in [-0.2, 0) is 16.6 Å². The Balaban J connectivity index is 1.83. The third-order valence-corrected chi connectivity index (χ3v) is 4.72. The number of aromatic nitrogens is 2. The predicted molar refractivity (Wildman–Crippen MR) is 80.0 cm³/mol. The van der Waals surface area contributed by atoms with Crippen LogP contribution in [0, 0.1) is 0 Å². The molecule has 1 N–H and O–H groups in total. The molecule has 134 valence electrons. The van der Waals surface area contributed by atoms with Gasteiger partial charge in [0.25, 0.3) is 10.0 Å². The minimum atomic E-state index is -4.47. The standard InChI is InChI=1S/C14H12F3N3O4S/c15-14(16,17)8-20-5-3-13(18-20)19-25(22,23)9-1-2-12-10(7-9)11(21)4-6-24-12/h1-3,5,7H,4,6,8H2,(H,18,19). The number of ether oxygens (including phenoxy) is 1. The lowest BCUT2D eigenvalue weighted by Gasteiger charge is -2.17. The molecule has 0 amide bonds. The molecule has 0 saturated carbocycles. The number of nitrogens with one attached hydrogen (secondary N) is 1. The molecule has 1 aromatic heterocycles. The first-order valence-electron chi connectivity index (χ1n) is 7.07. The van der Waals surface area contributed by atoms with Crippen LogP contribution in [0.4, 0.5) is 19.0 Å². The Morgan fingerprint density at radius 3 is 2.76 bits per heavy atom. The number of carbonyl (C=O) groups is 1. The van der Waals surface area contributed by atoms with E-state index in [1.165, 1.54) is 18.2 Å². The average Bonchev–Trinajstić information content (AvgIpc) is 2.91. The van der Waals surface area contributed by atoms with Crippen LogP contribution >= 0.6 is 0 Å². The van der Waals surface area contributed by atoms with Crippen LogP contribution in [0.2, 0.25) is 0 Å². The summed E-state index contributed by atoms with van der Waals surface area (Å²) < 4.78 is 69.6. The van der Waals surface area contributed by atoms with Gasteiger partial charge in [-0.2, -0.15) is 18.3 Å². The second kappa shape index (κ2) is 6.06. The van der Waals surface area contributed by atoms with Gasteiger partial charge in [0.05, 0.1) is 17.1 Å². The average molecular weight is 375 g/mol. The van der Waals surface area contributed by atoms with Crippen molar-refractivity contribution in [3.8, 4) is 5.75 Å². The summed E-state index contributed by atoms with van der Waals surface area (Å²) in [5.41, 5.74) is 0.150. The fourth-order valence-electron chi connectivity index (χ4n) is 2.29. The van der Waals surface area contributed by atoms with Crippen molar-refractivity contribution in [3.63, 3.8) is 0 Å². The number of sulfonamides is 1. The van der Waals surface area contributed by atoms with Gasteiger partial charge in [-0.3, -0.25) is 14.2 Å². The minimum Gasteiger partial charge on any atom is -0.492 e. The Morgan fingerprint density at radius 2 is 2.04 bits per heavy atom. The third kappa shape index (κ3) is 3.92. The molecule has 0 atom stereocenters. The maximum absolute atomic E-state index is 12.4. The molecule has 0 spiro atoms. The summed E-state index contributed by atoms with van der Waals surface area (Å²) in [4.78, 5) is 11.6. The molecule has 0 aliphatic carbocycles. The van der Waals surface area contributed by atoms with Crippen molar-refractivity contribution in [1.82, 2.24) is 9.78 Å². The molecule has 0 unspecified atom stereocenters. The van der Waals surface area contributed by atoms with Gasteiger partial charge < -0.3 is 4.74 Å². The number of ketones is 1. The number of Topliss-reactive ketones (excluding diaryl/α,β-unsaturated/α-hetero) is 1. The van der Waals surface area contributed by atoms with Crippen LogP contribution in [0.25, 0.3) is 0 Å². The van der Waals surface area contributed by atoms with Gasteiger partial charge in [0.2, 0.25) is 0 Å². The number of carbonyl (C=O) groups excluding carboxylic acids is 1. The smallest absolute Gasteiger partial charge is 0.408 e. The van der Waals surface area contributed by atoms with E-state index in [0.29, 0.717) is 10.4 Å². The maximum Gasteiger partial charge on any atom is 0.408 e. The molecule has 2 heterocycles. The van der Waals surface area contributed by atoms with Crippen molar-refractivity contribution in [2.45, 2.75) is 24.0 Å². The molecule has 0 radical (unpaired) electrons. The molecular formula is C14H12F3N3O4S. The van der Waals surface area contributed by atoms with Gasteiger partial charge in [0.1, 0.15) is 12.3 Å². The number of nitrogens with zero attached hydrogens (tertiary/aromatic N) is 2. The second-order valence-electron chi connectivity index (χ2n) is 5.30. The Bertz CT molecular complexity index is 922. The summed E-state index contributed by atoms with van der Waals surface area (Å²) in [5, 5.41) is 3.52. The largest absolute Gasteiger partial charge is 0.492 e. The van der Waals surface area contributed by atoms with E-state index < -0.39 is 22.7 Å². The highest BCUT2D eigenvalue weighted by Crippen LogP contribution is 2.28. The van der Waals surface area contributed by atoms with E-state index in [1.807, 2.05) is 0 Å². The SMILES string of the molecule is O=C1CCOc2ccc(S(=O)(=O)Nc3ccn(CC(F)(F)F)n3)cc21. The van der Waals surface area contributed by atoms with E-state index in [1.54, 1.807) is 0 Å². The molecule has 1 aliphatic rings. The molecule has 7 nitrogen and oxygen atoms in total. The lowest BCUT2D eigenvalue weighted by molar-refractivity contribution is -0.142. The van der Waals surface area contributed by atoms with Crippen LogP contribution in [0.15, 0.2) is 35.4 Å². The maximum atomic E-state index is 12.4. The number of halogens is 3. The van der Waals surface area contributed by atoms with E-state index in [0.717, 1.165) is 12.3 Å². The van der Waals surface area contributed by atoms with Crippen molar-refractivity contribution in [1.29, 1.82) is 0 Å². The lowest BCUT2D eigenvalue weighted by atomic mass is 10.1. The van der Waals surface area contributed by atoms with E-state index in [9.17, 15) is 26.4 Å². The molecule has 0 fully saturated rings. The highest BCUT2D eigenvalue weighted by atomic mass is 32.2. The van der Waals surface area contributed by atoms with Crippen molar-refractivity contribution in [3.05, 3.63) is 36.0 Å². The molecule has 1 aliphatic heterocycles. The molecule has 0 bridgehead atoms. The van der Waals surface area contributed by atoms with Gasteiger partial charge >= 0.3 is 6.18 Å². The molecule has 3 rings (SSSR count). The van der Waals surface area contributed by atoms with Crippen molar-refractivity contribution in [2.24, 2.45) is 0 Å². The molecule has 25 heavy (non-hydrogen) atoms. The summed E-state index contributed by atoms with van der Waals surface area (Å²) >= 11 is 0. The van der Waals surface area contributed by atoms with E-state index in [4.69, 9.17) is 4.74 Å². The van der Waals surface area contributed by atoms with Crippen LogP contribution < -0.4 is 9.46 Å². The predicted octanol–water partition coefficient (Wildman–Crippen LogP) is 2.21. The van der Waals surface area contributed by atoms with Gasteiger partial charge in [-0.25, -0.2) is 8.42 Å². The Hall–Kier alpha value is -2.56. The highest BCUT2D eigenvalue weighted by Gasteiger charge is 2.29. The summed E-state index contributed by atoms with van der Waals surface area (Å²) in [7, 11) is -4.12. The zero-order valence-electron chi connectivity index (χ0n) is 12.6. The summed E-state index contributed by atoms with van der Waals surface area (Å²) in [6.07, 6.45) is -3.32. The fourth-order valence-corrected chi connectivity index (χ4v) is 3.32. The van der Waals surface area contributed by atoms with Gasteiger partial charge in [-0.05, 0) is 18.2 Å². The molecule has 11 heteroatoms. The van der Waals surface area contributed by atoms with Gasteiger partial charge in [0.15, 0.2) is 11.6 Å². The second-order valence-corrected chi connectivity index (χ2v) is 6.98. The minimum absolute atomic E-state index is 0.145. The first kappa shape index (κ1) is 17.3. The van der Waals surface area contributed by atoms with Crippen molar-refractivity contribution < 1.29 is 31.1 Å². The van der Waals surface area contributed by atoms with Crippen LogP contribution in [0.3, 0.4) is 0 Å². The fraction of sp³-hybridized carbons (Fsp3) is 0.286. The number of hydrogen-bond acceptors (Lipinski definition) is 5. The van der Waals surface area contributed by atoms with Crippen LogP contribution in [-0.4, -0.2) is 36.8 Å². The monoisotopic (exact) mass is 375 g/mol. The third-order valence-electron chi connectivity index (χ3n) is 3.37. The summed E-state index contributed by atoms with van der Waals surface area (Å²) in [6.45, 7) is -1.10. The van der Waals surface area contributed by atoms with E-state index >= 15 is 0 Å². The number of hydrogen-bond donors (Lipinski definition) is 1. The number of anilines is 1. The molecular weight excluding hydrogens is 363 g/mol. The number of rotatable bonds is 4. The number of alkyl halides is 3. The number of fused-ring (bicyclic) bond motifs is 1. The zero-order chi connectivity index (χ0) is 18.2. The van der Waals surface area contributed by atoms with Crippen LogP contribution in [0.1, 0.15) is 16.8 Å². The van der Waals surface area contributed by atoms with Crippen molar-refractivity contribution in [2.75, 3.05) is 11.3 Å². The van der Waals surface area contributed by atoms with Crippen LogP contribution in [0.5, 0.6) is 5.75 Å².